The Kier molecular flexibility index (Phi) is 4.23. The molecule has 0 fully saturated rings. The second-order valence-corrected chi connectivity index (χ2v) is 8.23. The first-order chi connectivity index (χ1) is 12.0. The average Bonchev–Trinajstić information content (AvgIpc) is 2.77. The Morgan fingerprint density at radius 3 is 2.58 bits per heavy atom. The summed E-state index contributed by atoms with van der Waals surface area (Å²) in [5.41, 5.74) is 0.110. The Balaban J connectivity index is 2.15. The second-order valence-electron chi connectivity index (χ2n) is 6.24. The first-order valence-corrected chi connectivity index (χ1v) is 9.51. The molecule has 0 saturated carbocycles. The number of halogens is 3. The highest BCUT2D eigenvalue weighted by molar-refractivity contribution is 7.90. The molecule has 0 aromatic heterocycles. The molecule has 136 valence electrons. The zero-order chi connectivity index (χ0) is 19.3. The Labute approximate surface area is 149 Å². The number of nitrogens with zero attached hydrogens (tertiary/aromatic N) is 1. The molecule has 0 saturated heterocycles. The van der Waals surface area contributed by atoms with Crippen molar-refractivity contribution in [2.75, 3.05) is 6.26 Å². The lowest BCUT2D eigenvalue weighted by atomic mass is 10.0. The van der Waals surface area contributed by atoms with E-state index < -0.39 is 33.9 Å². The molecule has 4 nitrogen and oxygen atoms in total. The Morgan fingerprint density at radius 2 is 1.96 bits per heavy atom. The van der Waals surface area contributed by atoms with Gasteiger partial charge in [0.1, 0.15) is 17.3 Å². The van der Waals surface area contributed by atoms with Gasteiger partial charge in [0, 0.05) is 30.2 Å². The third-order valence-electron chi connectivity index (χ3n) is 4.37. The third-order valence-corrected chi connectivity index (χ3v) is 5.52. The van der Waals surface area contributed by atoms with Gasteiger partial charge in [0.2, 0.25) is 0 Å². The van der Waals surface area contributed by atoms with E-state index in [4.69, 9.17) is 11.3 Å². The normalized spacial score (nSPS) is 18.2. The van der Waals surface area contributed by atoms with Crippen LogP contribution in [0.3, 0.4) is 0 Å². The highest BCUT2D eigenvalue weighted by Gasteiger charge is 2.48. The molecule has 1 aliphatic rings. The van der Waals surface area contributed by atoms with Crippen LogP contribution in [-0.4, -0.2) is 20.6 Å². The van der Waals surface area contributed by atoms with Crippen LogP contribution in [0.5, 0.6) is 11.5 Å². The Morgan fingerprint density at radius 1 is 1.27 bits per heavy atom. The maximum atomic E-state index is 14.3. The largest absolute Gasteiger partial charge is 0.458 e. The summed E-state index contributed by atoms with van der Waals surface area (Å²) in [6.07, 6.45) is 0.286. The molecule has 0 aliphatic heterocycles. The number of ether oxygens (including phenoxy) is 1. The van der Waals surface area contributed by atoms with E-state index in [1.54, 1.807) is 0 Å². The zero-order valence-corrected chi connectivity index (χ0v) is 14.7. The van der Waals surface area contributed by atoms with Crippen molar-refractivity contribution in [2.24, 2.45) is 0 Å². The summed E-state index contributed by atoms with van der Waals surface area (Å²) < 4.78 is 71.6. The number of fused-ring (bicyclic) bond motifs is 1. The van der Waals surface area contributed by atoms with Crippen molar-refractivity contribution < 1.29 is 26.3 Å². The topological polar surface area (TPSA) is 47.7 Å². The summed E-state index contributed by atoms with van der Waals surface area (Å²) in [7, 11) is -3.71. The predicted octanol–water partition coefficient (Wildman–Crippen LogP) is 4.87. The lowest BCUT2D eigenvalue weighted by Gasteiger charge is -2.16. The summed E-state index contributed by atoms with van der Waals surface area (Å²) in [6, 6.07) is 5.83. The summed E-state index contributed by atoms with van der Waals surface area (Å²) in [6.45, 7) is 8.22. The molecule has 1 atom stereocenters. The Hall–Kier alpha value is -2.53. The molecule has 3 rings (SSSR count). The number of benzene rings is 2. The molecule has 0 N–H and O–H groups in total. The van der Waals surface area contributed by atoms with E-state index in [9.17, 15) is 21.6 Å². The van der Waals surface area contributed by atoms with Crippen LogP contribution < -0.4 is 4.74 Å². The molecule has 0 unspecified atom stereocenters. The highest BCUT2D eigenvalue weighted by Crippen LogP contribution is 2.50. The minimum absolute atomic E-state index is 0.00287. The van der Waals surface area contributed by atoms with E-state index in [-0.39, 0.29) is 33.2 Å². The van der Waals surface area contributed by atoms with Crippen molar-refractivity contribution in [1.29, 1.82) is 0 Å². The number of rotatable bonds is 3. The van der Waals surface area contributed by atoms with Crippen LogP contribution in [0.1, 0.15) is 24.0 Å². The van der Waals surface area contributed by atoms with Gasteiger partial charge in [0.25, 0.3) is 5.92 Å². The number of hydrogen-bond donors (Lipinski definition) is 0. The van der Waals surface area contributed by atoms with Crippen LogP contribution in [-0.2, 0) is 16.3 Å². The first-order valence-electron chi connectivity index (χ1n) is 7.62. The average molecular weight is 381 g/mol. The predicted molar refractivity (Wildman–Crippen MR) is 89.4 cm³/mol. The highest BCUT2D eigenvalue weighted by atomic mass is 32.2. The van der Waals surface area contributed by atoms with Gasteiger partial charge in [-0.05, 0) is 29.8 Å². The van der Waals surface area contributed by atoms with E-state index in [1.165, 1.54) is 25.1 Å². The molecule has 0 bridgehead atoms. The van der Waals surface area contributed by atoms with Crippen molar-refractivity contribution in [2.45, 2.75) is 30.1 Å². The van der Waals surface area contributed by atoms with E-state index >= 15 is 0 Å². The zero-order valence-electron chi connectivity index (χ0n) is 13.9. The first kappa shape index (κ1) is 18.3. The van der Waals surface area contributed by atoms with Crippen LogP contribution in [0.25, 0.3) is 4.85 Å². The van der Waals surface area contributed by atoms with Crippen LogP contribution in [0.4, 0.5) is 18.9 Å². The van der Waals surface area contributed by atoms with E-state index in [1.807, 2.05) is 0 Å². The van der Waals surface area contributed by atoms with Gasteiger partial charge >= 0.3 is 0 Å². The van der Waals surface area contributed by atoms with E-state index in [2.05, 4.69) is 4.85 Å². The molecular weight excluding hydrogens is 367 g/mol. The van der Waals surface area contributed by atoms with Gasteiger partial charge in [-0.2, -0.15) is 0 Å². The summed E-state index contributed by atoms with van der Waals surface area (Å²) in [4.78, 5) is 2.96. The lowest BCUT2D eigenvalue weighted by molar-refractivity contribution is -0.0104. The molecule has 2 aromatic rings. The van der Waals surface area contributed by atoms with Crippen molar-refractivity contribution in [3.8, 4) is 11.5 Å². The molecule has 26 heavy (non-hydrogen) atoms. The molecule has 0 spiro atoms. The summed E-state index contributed by atoms with van der Waals surface area (Å²) in [5.74, 6) is -5.11. The molecule has 8 heteroatoms. The van der Waals surface area contributed by atoms with Crippen LogP contribution >= 0.6 is 0 Å². The van der Waals surface area contributed by atoms with Gasteiger partial charge < -0.3 is 4.74 Å². The fraction of sp³-hybridized carbons (Fsp3) is 0.278. The summed E-state index contributed by atoms with van der Waals surface area (Å²) >= 11 is 0. The molecule has 0 amide bonds. The maximum absolute atomic E-state index is 14.3. The molecule has 1 aliphatic carbocycles. The van der Waals surface area contributed by atoms with E-state index in [0.29, 0.717) is 0 Å². The van der Waals surface area contributed by atoms with Crippen molar-refractivity contribution in [3.63, 3.8) is 0 Å². The smallest absolute Gasteiger partial charge is 0.258 e. The number of hydrogen-bond acceptors (Lipinski definition) is 3. The standard InChI is InChI=1S/C18H14F3NO3S/c1-10-17-14(9-18(10,20)21)15(4-5-16(17)26(3,23)24)25-13-7-11(19)6-12(8-13)22-2/h4-8,10H,9H2,1,3H3/t10-/m0/s1. The molecule has 2 aromatic carbocycles. The van der Waals surface area contributed by atoms with Crippen LogP contribution in [0.2, 0.25) is 0 Å². The minimum Gasteiger partial charge on any atom is -0.458 e. The molecular formula is C18H14F3NO3S. The van der Waals surface area contributed by atoms with Gasteiger partial charge in [-0.1, -0.05) is 6.92 Å². The quantitative estimate of drug-likeness (QED) is 0.713. The van der Waals surface area contributed by atoms with E-state index in [0.717, 1.165) is 18.4 Å². The van der Waals surface area contributed by atoms with Crippen molar-refractivity contribution >= 4 is 15.5 Å². The molecule has 0 heterocycles. The summed E-state index contributed by atoms with van der Waals surface area (Å²) in [5, 5.41) is 0. The Bertz CT molecular complexity index is 1040. The minimum atomic E-state index is -3.71. The van der Waals surface area contributed by atoms with Gasteiger partial charge in [-0.3, -0.25) is 0 Å². The third kappa shape index (κ3) is 3.15. The lowest BCUT2D eigenvalue weighted by Crippen LogP contribution is -2.20. The SMILES string of the molecule is [C-]#[N+]c1cc(F)cc(Oc2ccc(S(C)(=O)=O)c3c2CC(F)(F)[C@H]3C)c1. The van der Waals surface area contributed by atoms with Gasteiger partial charge in [-0.15, -0.1) is 0 Å². The second kappa shape index (κ2) is 6.02. The van der Waals surface area contributed by atoms with Crippen molar-refractivity contribution in [1.82, 2.24) is 0 Å². The van der Waals surface area contributed by atoms with Crippen LogP contribution in [0.15, 0.2) is 35.2 Å². The monoisotopic (exact) mass is 381 g/mol. The fourth-order valence-corrected chi connectivity index (χ4v) is 4.11. The molecule has 0 radical (unpaired) electrons. The van der Waals surface area contributed by atoms with Gasteiger partial charge in [0.15, 0.2) is 15.5 Å². The van der Waals surface area contributed by atoms with Gasteiger partial charge in [0.05, 0.1) is 11.5 Å². The van der Waals surface area contributed by atoms with Crippen molar-refractivity contribution in [3.05, 3.63) is 58.7 Å². The maximum Gasteiger partial charge on any atom is 0.258 e. The van der Waals surface area contributed by atoms with Crippen LogP contribution in [0, 0.1) is 12.4 Å². The fourth-order valence-electron chi connectivity index (χ4n) is 3.10. The number of sulfone groups is 1. The number of alkyl halides is 2. The van der Waals surface area contributed by atoms with Gasteiger partial charge in [-0.25, -0.2) is 26.4 Å².